The molecule has 0 amide bonds. The number of nitrogens with zero attached hydrogens (tertiary/aromatic N) is 1. The van der Waals surface area contributed by atoms with Crippen molar-refractivity contribution >= 4 is 17.5 Å². The van der Waals surface area contributed by atoms with Crippen LogP contribution in [-0.4, -0.2) is 36.3 Å². The molecule has 0 aliphatic heterocycles. The van der Waals surface area contributed by atoms with Crippen LogP contribution in [0.3, 0.4) is 0 Å². The summed E-state index contributed by atoms with van der Waals surface area (Å²) >= 11 is 0. The Labute approximate surface area is 118 Å². The molecular formula is C14H21NO5. The highest BCUT2D eigenvalue weighted by Gasteiger charge is 2.47. The van der Waals surface area contributed by atoms with Crippen LogP contribution in [0, 0.1) is 11.3 Å². The Balaban J connectivity index is 3.33. The van der Waals surface area contributed by atoms with E-state index >= 15 is 0 Å². The van der Waals surface area contributed by atoms with E-state index in [0.29, 0.717) is 6.61 Å². The number of rotatable bonds is 4. The van der Waals surface area contributed by atoms with Crippen molar-refractivity contribution in [3.63, 3.8) is 0 Å². The maximum Gasteiger partial charge on any atom is 0.316 e. The predicted molar refractivity (Wildman–Crippen MR) is 73.3 cm³/mol. The molecule has 1 rings (SSSR count). The molecular weight excluding hydrogens is 262 g/mol. The molecule has 1 aliphatic rings. The average Bonchev–Trinajstić information content (AvgIpc) is 2.34. The summed E-state index contributed by atoms with van der Waals surface area (Å²) in [5, 5.41) is 14.1. The number of methoxy groups -OCH3 is 1. The number of aliphatic hydroxyl groups is 1. The first-order chi connectivity index (χ1) is 9.26. The second-order valence-electron chi connectivity index (χ2n) is 5.40. The van der Waals surface area contributed by atoms with Crippen molar-refractivity contribution in [3.05, 3.63) is 11.3 Å². The summed E-state index contributed by atoms with van der Waals surface area (Å²) in [5.41, 5.74) is -0.393. The van der Waals surface area contributed by atoms with E-state index in [9.17, 15) is 14.7 Å². The molecule has 0 aromatic carbocycles. The van der Waals surface area contributed by atoms with Crippen molar-refractivity contribution in [1.29, 1.82) is 0 Å². The number of hydrogen-bond donors (Lipinski definition) is 1. The zero-order valence-corrected chi connectivity index (χ0v) is 12.5. The molecule has 0 heterocycles. The minimum atomic E-state index is -0.882. The number of aliphatic hydroxyl groups excluding tert-OH is 1. The Morgan fingerprint density at radius 1 is 1.50 bits per heavy atom. The molecule has 1 N–H and O–H groups in total. The van der Waals surface area contributed by atoms with Gasteiger partial charge in [-0.05, 0) is 19.3 Å². The molecule has 0 aromatic heterocycles. The van der Waals surface area contributed by atoms with E-state index in [0.717, 1.165) is 0 Å². The molecule has 0 saturated carbocycles. The minimum absolute atomic E-state index is 0.0492. The van der Waals surface area contributed by atoms with E-state index < -0.39 is 17.3 Å². The Morgan fingerprint density at radius 3 is 2.60 bits per heavy atom. The van der Waals surface area contributed by atoms with E-state index in [4.69, 9.17) is 9.57 Å². The van der Waals surface area contributed by atoms with Crippen LogP contribution in [0.25, 0.3) is 0 Å². The summed E-state index contributed by atoms with van der Waals surface area (Å²) in [6.45, 7) is 7.16. The van der Waals surface area contributed by atoms with Crippen molar-refractivity contribution in [2.24, 2.45) is 16.5 Å². The molecule has 0 fully saturated rings. The van der Waals surface area contributed by atoms with Gasteiger partial charge in [0.2, 0.25) is 0 Å². The molecule has 0 aromatic rings. The highest BCUT2D eigenvalue weighted by Crippen LogP contribution is 2.42. The quantitative estimate of drug-likeness (QED) is 0.484. The third-order valence-corrected chi connectivity index (χ3v) is 3.34. The van der Waals surface area contributed by atoms with E-state index in [1.165, 1.54) is 7.11 Å². The summed E-state index contributed by atoms with van der Waals surface area (Å²) in [4.78, 5) is 29.0. The number of ether oxygens (including phenoxy) is 1. The third-order valence-electron chi connectivity index (χ3n) is 3.34. The van der Waals surface area contributed by atoms with Crippen molar-refractivity contribution in [2.45, 2.75) is 34.1 Å². The zero-order valence-electron chi connectivity index (χ0n) is 12.5. The maximum atomic E-state index is 12.2. The highest BCUT2D eigenvalue weighted by molar-refractivity contribution is 6.22. The first kappa shape index (κ1) is 16.2. The largest absolute Gasteiger partial charge is 0.511 e. The fraction of sp³-hybridized carbons (Fsp3) is 0.643. The van der Waals surface area contributed by atoms with Gasteiger partial charge in [0.15, 0.2) is 5.78 Å². The summed E-state index contributed by atoms with van der Waals surface area (Å²) < 4.78 is 4.72. The maximum absolute atomic E-state index is 12.2. The van der Waals surface area contributed by atoms with E-state index in [2.05, 4.69) is 5.16 Å². The number of esters is 1. The van der Waals surface area contributed by atoms with Gasteiger partial charge in [0, 0.05) is 6.42 Å². The normalized spacial score (nSPS) is 22.8. The van der Waals surface area contributed by atoms with E-state index in [1.54, 1.807) is 27.7 Å². The van der Waals surface area contributed by atoms with Crippen LogP contribution in [0.2, 0.25) is 0 Å². The van der Waals surface area contributed by atoms with Crippen molar-refractivity contribution in [3.8, 4) is 0 Å². The lowest BCUT2D eigenvalue weighted by molar-refractivity contribution is -0.150. The monoisotopic (exact) mass is 283 g/mol. The molecule has 1 atom stereocenters. The summed E-state index contributed by atoms with van der Waals surface area (Å²) in [5.74, 6) is -2.00. The molecule has 0 saturated heterocycles. The number of carbonyl (C=O) groups is 2. The van der Waals surface area contributed by atoms with Crippen LogP contribution in [0.5, 0.6) is 0 Å². The summed E-state index contributed by atoms with van der Waals surface area (Å²) in [6, 6.07) is 0. The zero-order chi connectivity index (χ0) is 15.5. The molecule has 0 unspecified atom stereocenters. The van der Waals surface area contributed by atoms with Crippen molar-refractivity contribution in [1.82, 2.24) is 0 Å². The van der Waals surface area contributed by atoms with Crippen LogP contribution < -0.4 is 0 Å². The number of oxime groups is 1. The fourth-order valence-corrected chi connectivity index (χ4v) is 2.40. The van der Waals surface area contributed by atoms with E-state index in [1.807, 2.05) is 0 Å². The van der Waals surface area contributed by atoms with Crippen LogP contribution in [0.15, 0.2) is 16.5 Å². The number of ketones is 1. The standard InChI is InChI=1S/C14H21NO5/c1-6-20-15-8(2)10-9(16)7-14(3,4)11(12(10)17)13(18)19-5/h11,17H,6-7H2,1-5H3/b15-8+/t11-/m0/s1. The second kappa shape index (κ2) is 6.07. The van der Waals surface area contributed by atoms with Gasteiger partial charge in [-0.25, -0.2) is 0 Å². The summed E-state index contributed by atoms with van der Waals surface area (Å²) in [6.07, 6.45) is 0.130. The van der Waals surface area contributed by atoms with Crippen LogP contribution in [0.4, 0.5) is 0 Å². The number of Topliss-reactive ketones (excluding diaryl/α,β-unsaturated/α-hetero) is 1. The minimum Gasteiger partial charge on any atom is -0.511 e. The molecule has 6 heteroatoms. The predicted octanol–water partition coefficient (Wildman–Crippen LogP) is 2.00. The van der Waals surface area contributed by atoms with Crippen molar-refractivity contribution in [2.75, 3.05) is 13.7 Å². The molecule has 0 spiro atoms. The van der Waals surface area contributed by atoms with Gasteiger partial charge < -0.3 is 14.7 Å². The lowest BCUT2D eigenvalue weighted by Crippen LogP contribution is -2.41. The Kier molecular flexibility index (Phi) is 4.92. The number of hydrogen-bond acceptors (Lipinski definition) is 6. The lowest BCUT2D eigenvalue weighted by atomic mass is 9.68. The van der Waals surface area contributed by atoms with Gasteiger partial charge >= 0.3 is 5.97 Å². The van der Waals surface area contributed by atoms with Gasteiger partial charge in [-0.3, -0.25) is 9.59 Å². The van der Waals surface area contributed by atoms with Gasteiger partial charge in [-0.2, -0.15) is 0 Å². The topological polar surface area (TPSA) is 85.2 Å². The van der Waals surface area contributed by atoms with Crippen LogP contribution in [0.1, 0.15) is 34.1 Å². The average molecular weight is 283 g/mol. The van der Waals surface area contributed by atoms with Crippen LogP contribution >= 0.6 is 0 Å². The molecule has 20 heavy (non-hydrogen) atoms. The molecule has 112 valence electrons. The van der Waals surface area contributed by atoms with Gasteiger partial charge in [-0.15, -0.1) is 0 Å². The molecule has 0 bridgehead atoms. The summed E-state index contributed by atoms with van der Waals surface area (Å²) in [7, 11) is 1.25. The smallest absolute Gasteiger partial charge is 0.316 e. The number of allylic oxidation sites excluding steroid dienone is 1. The second-order valence-corrected chi connectivity index (χ2v) is 5.40. The Hall–Kier alpha value is -1.85. The van der Waals surface area contributed by atoms with Crippen LogP contribution in [-0.2, 0) is 19.2 Å². The van der Waals surface area contributed by atoms with Gasteiger partial charge in [-0.1, -0.05) is 19.0 Å². The van der Waals surface area contributed by atoms with E-state index in [-0.39, 0.29) is 29.2 Å². The first-order valence-electron chi connectivity index (χ1n) is 6.47. The van der Waals surface area contributed by atoms with Crippen molar-refractivity contribution < 1.29 is 24.3 Å². The Bertz CT molecular complexity index is 476. The highest BCUT2D eigenvalue weighted by atomic mass is 16.6. The van der Waals surface area contributed by atoms with Gasteiger partial charge in [0.05, 0.1) is 18.4 Å². The molecule has 1 aliphatic carbocycles. The molecule has 6 nitrogen and oxygen atoms in total. The van der Waals surface area contributed by atoms with Gasteiger partial charge in [0.1, 0.15) is 18.3 Å². The van der Waals surface area contributed by atoms with Gasteiger partial charge in [0.25, 0.3) is 0 Å². The fourth-order valence-electron chi connectivity index (χ4n) is 2.40. The lowest BCUT2D eigenvalue weighted by Gasteiger charge is -2.36. The first-order valence-corrected chi connectivity index (χ1v) is 6.47. The Morgan fingerprint density at radius 2 is 2.10 bits per heavy atom. The third kappa shape index (κ3) is 3.00. The SMILES string of the molecule is CCO/N=C(\C)C1=C(O)[C@@H](C(=O)OC)C(C)(C)CC1=O. The molecule has 0 radical (unpaired) electrons. The number of carbonyl (C=O) groups excluding carboxylic acids is 2.